The van der Waals surface area contributed by atoms with Crippen LogP contribution in [-0.4, -0.2) is 41.9 Å². The van der Waals surface area contributed by atoms with Gasteiger partial charge in [-0.05, 0) is 36.3 Å². The van der Waals surface area contributed by atoms with Crippen LogP contribution in [0, 0.1) is 6.92 Å². The molecule has 29 heavy (non-hydrogen) atoms. The molecular weight excluding hydrogens is 368 g/mol. The van der Waals surface area contributed by atoms with Gasteiger partial charge in [0.15, 0.2) is 0 Å². The van der Waals surface area contributed by atoms with Gasteiger partial charge in [0.25, 0.3) is 0 Å². The number of aryl methyl sites for hydroxylation is 1. The first-order valence-electron chi connectivity index (χ1n) is 9.02. The fourth-order valence-electron chi connectivity index (χ4n) is 2.67. The summed E-state index contributed by atoms with van der Waals surface area (Å²) in [6, 6.07) is 7.59. The number of nitrogens with zero attached hydrogens (tertiary/aromatic N) is 2. The summed E-state index contributed by atoms with van der Waals surface area (Å²) in [6.07, 6.45) is 11.9. The lowest BCUT2D eigenvalue weighted by atomic mass is 10.0. The lowest BCUT2D eigenvalue weighted by Gasteiger charge is -2.22. The van der Waals surface area contributed by atoms with Crippen molar-refractivity contribution in [1.82, 2.24) is 4.90 Å². The number of carboxylic acids is 1. The van der Waals surface area contributed by atoms with Crippen LogP contribution in [0.25, 0.3) is 6.08 Å². The van der Waals surface area contributed by atoms with Gasteiger partial charge in [-0.25, -0.2) is 4.79 Å². The number of aliphatic imine (C=N–C) groups is 1. The summed E-state index contributed by atoms with van der Waals surface area (Å²) >= 11 is 0. The second-order valence-corrected chi connectivity index (χ2v) is 6.25. The maximum Gasteiger partial charge on any atom is 0.336 e. The van der Waals surface area contributed by atoms with Crippen molar-refractivity contribution in [2.45, 2.75) is 13.3 Å². The summed E-state index contributed by atoms with van der Waals surface area (Å²) in [5.74, 6) is -1.37. The number of hydrogen-bond donors (Lipinski definition) is 1. The number of esters is 1. The second kappa shape index (κ2) is 10.6. The molecule has 1 heterocycles. The summed E-state index contributed by atoms with van der Waals surface area (Å²) in [6.45, 7) is 5.89. The van der Waals surface area contributed by atoms with Crippen molar-refractivity contribution < 1.29 is 19.4 Å². The molecule has 1 N–H and O–H groups in total. The monoisotopic (exact) mass is 392 g/mol. The molecule has 1 aromatic carbocycles. The molecule has 1 aliphatic rings. The van der Waals surface area contributed by atoms with Gasteiger partial charge in [0.05, 0.1) is 32.0 Å². The van der Waals surface area contributed by atoms with Crippen LogP contribution in [0.4, 0.5) is 0 Å². The van der Waals surface area contributed by atoms with Crippen LogP contribution in [0.1, 0.15) is 17.5 Å². The van der Waals surface area contributed by atoms with Crippen LogP contribution in [0.5, 0.6) is 0 Å². The number of aliphatic carboxylic acids is 1. The van der Waals surface area contributed by atoms with Gasteiger partial charge in [0.1, 0.15) is 0 Å². The quantitative estimate of drug-likeness (QED) is 0.413. The van der Waals surface area contributed by atoms with Gasteiger partial charge < -0.3 is 14.7 Å². The maximum atomic E-state index is 11.9. The van der Waals surface area contributed by atoms with Crippen molar-refractivity contribution in [3.63, 3.8) is 0 Å². The Bertz CT molecular complexity index is 936. The van der Waals surface area contributed by atoms with Crippen LogP contribution in [-0.2, 0) is 14.3 Å². The van der Waals surface area contributed by atoms with Crippen LogP contribution in [0.15, 0.2) is 83.2 Å². The molecule has 0 saturated heterocycles. The van der Waals surface area contributed by atoms with E-state index in [0.29, 0.717) is 11.3 Å². The number of hydrogen-bond acceptors (Lipinski definition) is 5. The van der Waals surface area contributed by atoms with E-state index in [1.807, 2.05) is 31.2 Å². The predicted octanol–water partition coefficient (Wildman–Crippen LogP) is 3.88. The highest BCUT2D eigenvalue weighted by Gasteiger charge is 2.18. The fourth-order valence-corrected chi connectivity index (χ4v) is 2.67. The molecule has 0 unspecified atom stereocenters. The molecule has 1 aromatic rings. The van der Waals surface area contributed by atoms with Crippen LogP contribution in [0.3, 0.4) is 0 Å². The van der Waals surface area contributed by atoms with E-state index in [0.717, 1.165) is 11.1 Å². The van der Waals surface area contributed by atoms with Crippen molar-refractivity contribution in [1.29, 1.82) is 0 Å². The number of carbonyl (C=O) groups is 2. The van der Waals surface area contributed by atoms with E-state index >= 15 is 0 Å². The zero-order chi connectivity index (χ0) is 21.2. The van der Waals surface area contributed by atoms with Crippen molar-refractivity contribution in [2.75, 3.05) is 13.7 Å². The van der Waals surface area contributed by atoms with E-state index in [1.54, 1.807) is 47.8 Å². The van der Waals surface area contributed by atoms with Gasteiger partial charge in [-0.15, -0.1) is 0 Å². The number of benzene rings is 1. The van der Waals surface area contributed by atoms with Gasteiger partial charge in [-0.3, -0.25) is 9.79 Å². The van der Waals surface area contributed by atoms with E-state index in [-0.39, 0.29) is 24.5 Å². The fraction of sp³-hybridized carbons (Fsp3) is 0.174. The molecule has 6 nitrogen and oxygen atoms in total. The normalized spacial score (nSPS) is 14.7. The molecule has 0 fully saturated rings. The number of methoxy groups -OCH3 is 1. The number of ether oxygens (including phenoxy) is 1. The number of carboxylic acid groups (broad SMARTS) is 1. The van der Waals surface area contributed by atoms with Gasteiger partial charge in [-0.1, -0.05) is 43.0 Å². The van der Waals surface area contributed by atoms with Gasteiger partial charge in [-0.2, -0.15) is 0 Å². The van der Waals surface area contributed by atoms with Gasteiger partial charge in [0, 0.05) is 17.5 Å². The van der Waals surface area contributed by atoms with Crippen molar-refractivity contribution >= 4 is 24.4 Å². The molecule has 0 amide bonds. The predicted molar refractivity (Wildman–Crippen MR) is 114 cm³/mol. The SMILES string of the molecule is C=C/C=C(\C=C/CC(=O)OC)N1C=NCC(/C(=C/c2ccccc2C)C(=O)O)=C1. The Labute approximate surface area is 170 Å². The van der Waals surface area contributed by atoms with Crippen LogP contribution >= 0.6 is 0 Å². The molecule has 0 aromatic heterocycles. The summed E-state index contributed by atoms with van der Waals surface area (Å²) in [7, 11) is 1.33. The van der Waals surface area contributed by atoms with Gasteiger partial charge in [0.2, 0.25) is 0 Å². The zero-order valence-electron chi connectivity index (χ0n) is 16.5. The molecule has 2 rings (SSSR count). The third-order valence-corrected chi connectivity index (χ3v) is 4.21. The molecule has 0 bridgehead atoms. The number of rotatable bonds is 8. The van der Waals surface area contributed by atoms with E-state index in [9.17, 15) is 14.7 Å². The third kappa shape index (κ3) is 6.17. The molecule has 0 aliphatic carbocycles. The summed E-state index contributed by atoms with van der Waals surface area (Å²) in [5.41, 5.74) is 3.26. The van der Waals surface area contributed by atoms with E-state index < -0.39 is 5.97 Å². The Kier molecular flexibility index (Phi) is 7.91. The minimum atomic E-state index is -1.02. The summed E-state index contributed by atoms with van der Waals surface area (Å²) in [4.78, 5) is 29.2. The average molecular weight is 392 g/mol. The van der Waals surface area contributed by atoms with E-state index in [1.165, 1.54) is 7.11 Å². The molecular formula is C23H24N2O4. The van der Waals surface area contributed by atoms with Crippen molar-refractivity contribution in [3.05, 3.63) is 89.3 Å². The third-order valence-electron chi connectivity index (χ3n) is 4.21. The largest absolute Gasteiger partial charge is 0.478 e. The number of allylic oxidation sites excluding steroid dienone is 3. The van der Waals surface area contributed by atoms with Crippen LogP contribution < -0.4 is 0 Å². The highest BCUT2D eigenvalue weighted by molar-refractivity contribution is 5.97. The molecule has 0 radical (unpaired) electrons. The Morgan fingerprint density at radius 2 is 2.10 bits per heavy atom. The summed E-state index contributed by atoms with van der Waals surface area (Å²) in [5, 5.41) is 9.76. The molecule has 6 heteroatoms. The zero-order valence-corrected chi connectivity index (χ0v) is 16.5. The minimum absolute atomic E-state index is 0.125. The smallest absolute Gasteiger partial charge is 0.336 e. The Hall–Kier alpha value is -3.67. The van der Waals surface area contributed by atoms with E-state index in [4.69, 9.17) is 0 Å². The molecule has 0 atom stereocenters. The Morgan fingerprint density at radius 3 is 2.76 bits per heavy atom. The standard InChI is InChI=1S/C23H24N2O4/c1-4-8-20(11-7-12-22(26)29-3)25-15-19(14-24-16-25)21(23(27)28)13-18-10-6-5-9-17(18)2/h4-11,13,15-16H,1,12,14H2,2-3H3,(H,27,28)/b11-7-,20-8+,21-13-. The second-order valence-electron chi connectivity index (χ2n) is 6.25. The number of carbonyl (C=O) groups excluding carboxylic acids is 1. The lowest BCUT2D eigenvalue weighted by Crippen LogP contribution is -2.21. The molecule has 0 saturated carbocycles. The average Bonchev–Trinajstić information content (AvgIpc) is 2.72. The minimum Gasteiger partial charge on any atom is -0.478 e. The first-order chi connectivity index (χ1) is 14.0. The molecule has 0 spiro atoms. The Balaban J connectivity index is 2.36. The highest BCUT2D eigenvalue weighted by Crippen LogP contribution is 2.22. The molecule has 150 valence electrons. The van der Waals surface area contributed by atoms with Crippen LogP contribution in [0.2, 0.25) is 0 Å². The topological polar surface area (TPSA) is 79.2 Å². The van der Waals surface area contributed by atoms with E-state index in [2.05, 4.69) is 16.3 Å². The lowest BCUT2D eigenvalue weighted by molar-refractivity contribution is -0.139. The highest BCUT2D eigenvalue weighted by atomic mass is 16.5. The van der Waals surface area contributed by atoms with Crippen molar-refractivity contribution in [2.24, 2.45) is 4.99 Å². The first kappa shape index (κ1) is 21.6. The van der Waals surface area contributed by atoms with Gasteiger partial charge >= 0.3 is 11.9 Å². The Morgan fingerprint density at radius 1 is 1.34 bits per heavy atom. The maximum absolute atomic E-state index is 11.9. The summed E-state index contributed by atoms with van der Waals surface area (Å²) < 4.78 is 4.62. The molecule has 1 aliphatic heterocycles. The van der Waals surface area contributed by atoms with Crippen molar-refractivity contribution in [3.8, 4) is 0 Å². The first-order valence-corrected chi connectivity index (χ1v) is 9.02.